The summed E-state index contributed by atoms with van der Waals surface area (Å²) >= 11 is 0. The number of carbonyl (C=O) groups excluding carboxylic acids is 1. The minimum absolute atomic E-state index is 0.0540. The largest absolute Gasteiger partial charge is 0.481 e. The SMILES string of the molecule is Cc1ccc(C(=O)C[C@@H](C)C(=O)O)cc1. The Morgan fingerprint density at radius 1 is 1.27 bits per heavy atom. The van der Waals surface area contributed by atoms with Gasteiger partial charge in [0.25, 0.3) is 0 Å². The molecule has 0 aliphatic heterocycles. The maximum atomic E-state index is 11.6. The molecule has 0 aromatic heterocycles. The van der Waals surface area contributed by atoms with Gasteiger partial charge in [-0.2, -0.15) is 0 Å². The molecule has 0 radical (unpaired) electrons. The molecule has 0 fully saturated rings. The van der Waals surface area contributed by atoms with Crippen LogP contribution >= 0.6 is 0 Å². The van der Waals surface area contributed by atoms with Gasteiger partial charge in [0.1, 0.15) is 0 Å². The molecule has 3 nitrogen and oxygen atoms in total. The number of ketones is 1. The molecule has 3 heteroatoms. The second-order valence-corrected chi connectivity index (χ2v) is 3.73. The zero-order valence-corrected chi connectivity index (χ0v) is 8.86. The van der Waals surface area contributed by atoms with E-state index in [4.69, 9.17) is 5.11 Å². The van der Waals surface area contributed by atoms with Gasteiger partial charge >= 0.3 is 5.97 Å². The molecule has 0 unspecified atom stereocenters. The fourth-order valence-electron chi connectivity index (χ4n) is 1.22. The molecule has 0 heterocycles. The number of aliphatic carboxylic acids is 1. The molecule has 0 bridgehead atoms. The lowest BCUT2D eigenvalue weighted by Crippen LogP contribution is -2.14. The van der Waals surface area contributed by atoms with Crippen LogP contribution in [0.4, 0.5) is 0 Å². The summed E-state index contributed by atoms with van der Waals surface area (Å²) in [6, 6.07) is 7.15. The van der Waals surface area contributed by atoms with Crippen LogP contribution in [-0.4, -0.2) is 16.9 Å². The van der Waals surface area contributed by atoms with Gasteiger partial charge in [-0.05, 0) is 6.92 Å². The topological polar surface area (TPSA) is 54.4 Å². The lowest BCUT2D eigenvalue weighted by molar-refractivity contribution is -0.141. The predicted molar refractivity (Wildman–Crippen MR) is 56.9 cm³/mol. The highest BCUT2D eigenvalue weighted by Gasteiger charge is 2.16. The average Bonchev–Trinajstić information content (AvgIpc) is 2.18. The third-order valence-electron chi connectivity index (χ3n) is 2.29. The first-order chi connectivity index (χ1) is 7.00. The summed E-state index contributed by atoms with van der Waals surface area (Å²) in [7, 11) is 0. The Balaban J connectivity index is 2.69. The summed E-state index contributed by atoms with van der Waals surface area (Å²) in [5.41, 5.74) is 1.66. The molecule has 1 N–H and O–H groups in total. The van der Waals surface area contributed by atoms with Gasteiger partial charge in [-0.15, -0.1) is 0 Å². The normalized spacial score (nSPS) is 12.1. The van der Waals surface area contributed by atoms with Gasteiger partial charge in [0.15, 0.2) is 5.78 Å². The highest BCUT2D eigenvalue weighted by atomic mass is 16.4. The zero-order valence-electron chi connectivity index (χ0n) is 8.86. The number of hydrogen-bond acceptors (Lipinski definition) is 2. The van der Waals surface area contributed by atoms with Gasteiger partial charge < -0.3 is 5.11 Å². The van der Waals surface area contributed by atoms with Crippen molar-refractivity contribution >= 4 is 11.8 Å². The van der Waals surface area contributed by atoms with Crippen LogP contribution in [0.2, 0.25) is 0 Å². The van der Waals surface area contributed by atoms with E-state index in [2.05, 4.69) is 0 Å². The number of carbonyl (C=O) groups is 2. The van der Waals surface area contributed by atoms with E-state index in [1.807, 2.05) is 19.1 Å². The maximum absolute atomic E-state index is 11.6. The van der Waals surface area contributed by atoms with Crippen LogP contribution < -0.4 is 0 Å². The summed E-state index contributed by atoms with van der Waals surface area (Å²) in [6.45, 7) is 3.47. The molecule has 1 atom stereocenters. The van der Waals surface area contributed by atoms with Crippen molar-refractivity contribution in [2.75, 3.05) is 0 Å². The molecular weight excluding hydrogens is 192 g/mol. The van der Waals surface area contributed by atoms with Crippen LogP contribution in [0.25, 0.3) is 0 Å². The van der Waals surface area contributed by atoms with Crippen molar-refractivity contribution in [2.24, 2.45) is 5.92 Å². The van der Waals surface area contributed by atoms with Crippen molar-refractivity contribution in [3.05, 3.63) is 35.4 Å². The fraction of sp³-hybridized carbons (Fsp3) is 0.333. The average molecular weight is 206 g/mol. The third kappa shape index (κ3) is 3.20. The van der Waals surface area contributed by atoms with Gasteiger partial charge in [0.05, 0.1) is 5.92 Å². The van der Waals surface area contributed by atoms with Crippen molar-refractivity contribution in [3.8, 4) is 0 Å². The van der Waals surface area contributed by atoms with Gasteiger partial charge in [-0.3, -0.25) is 9.59 Å². The Morgan fingerprint density at radius 2 is 1.80 bits per heavy atom. The Kier molecular flexibility index (Phi) is 3.61. The molecule has 0 saturated carbocycles. The number of hydrogen-bond donors (Lipinski definition) is 1. The lowest BCUT2D eigenvalue weighted by atomic mass is 9.99. The molecule has 1 aromatic rings. The van der Waals surface area contributed by atoms with Gasteiger partial charge in [-0.1, -0.05) is 36.8 Å². The molecule has 0 aliphatic rings. The number of rotatable bonds is 4. The smallest absolute Gasteiger partial charge is 0.306 e. The lowest BCUT2D eigenvalue weighted by Gasteiger charge is -2.05. The first-order valence-corrected chi connectivity index (χ1v) is 4.83. The van der Waals surface area contributed by atoms with Gasteiger partial charge in [0, 0.05) is 12.0 Å². The summed E-state index contributed by atoms with van der Waals surface area (Å²) in [4.78, 5) is 22.2. The Labute approximate surface area is 88.7 Å². The standard InChI is InChI=1S/C12H14O3/c1-8-3-5-10(6-4-8)11(13)7-9(2)12(14)15/h3-6,9H,7H2,1-2H3,(H,14,15)/t9-/m1/s1. The summed E-state index contributed by atoms with van der Waals surface area (Å²) < 4.78 is 0. The molecule has 0 saturated heterocycles. The molecule has 15 heavy (non-hydrogen) atoms. The third-order valence-corrected chi connectivity index (χ3v) is 2.29. The van der Waals surface area contributed by atoms with E-state index < -0.39 is 11.9 Å². The molecule has 1 aromatic carbocycles. The number of carboxylic acid groups (broad SMARTS) is 1. The van der Waals surface area contributed by atoms with E-state index >= 15 is 0 Å². The maximum Gasteiger partial charge on any atom is 0.306 e. The Hall–Kier alpha value is -1.64. The molecule has 80 valence electrons. The van der Waals surface area contributed by atoms with E-state index in [1.165, 1.54) is 6.92 Å². The monoisotopic (exact) mass is 206 g/mol. The van der Waals surface area contributed by atoms with Gasteiger partial charge in [-0.25, -0.2) is 0 Å². The first kappa shape index (κ1) is 11.4. The molecule has 0 aliphatic carbocycles. The fourth-order valence-corrected chi connectivity index (χ4v) is 1.22. The second-order valence-electron chi connectivity index (χ2n) is 3.73. The number of Topliss-reactive ketones (excluding diaryl/α,β-unsaturated/α-hetero) is 1. The van der Waals surface area contributed by atoms with Crippen LogP contribution in [-0.2, 0) is 4.79 Å². The van der Waals surface area contributed by atoms with Crippen molar-refractivity contribution in [1.29, 1.82) is 0 Å². The van der Waals surface area contributed by atoms with Crippen molar-refractivity contribution in [1.82, 2.24) is 0 Å². The van der Waals surface area contributed by atoms with Crippen molar-refractivity contribution < 1.29 is 14.7 Å². The van der Waals surface area contributed by atoms with E-state index in [1.54, 1.807) is 12.1 Å². The Bertz CT molecular complexity index is 365. The van der Waals surface area contributed by atoms with Crippen molar-refractivity contribution in [3.63, 3.8) is 0 Å². The molecule has 1 rings (SSSR count). The number of aryl methyl sites for hydroxylation is 1. The Morgan fingerprint density at radius 3 is 2.27 bits per heavy atom. The predicted octanol–water partition coefficient (Wildman–Crippen LogP) is 2.29. The van der Waals surface area contributed by atoms with Gasteiger partial charge in [0.2, 0.25) is 0 Å². The number of carboxylic acids is 1. The van der Waals surface area contributed by atoms with E-state index in [0.29, 0.717) is 5.56 Å². The molecule has 0 spiro atoms. The highest BCUT2D eigenvalue weighted by molar-refractivity contribution is 5.97. The second kappa shape index (κ2) is 4.73. The summed E-state index contributed by atoms with van der Waals surface area (Å²) in [6.07, 6.45) is 0.0540. The molecular formula is C12H14O3. The van der Waals surface area contributed by atoms with Crippen LogP contribution in [0, 0.1) is 12.8 Å². The van der Waals surface area contributed by atoms with E-state index in [9.17, 15) is 9.59 Å². The van der Waals surface area contributed by atoms with E-state index in [0.717, 1.165) is 5.56 Å². The van der Waals surface area contributed by atoms with Crippen molar-refractivity contribution in [2.45, 2.75) is 20.3 Å². The first-order valence-electron chi connectivity index (χ1n) is 4.83. The van der Waals surface area contributed by atoms with Crippen LogP contribution in [0.5, 0.6) is 0 Å². The summed E-state index contributed by atoms with van der Waals surface area (Å²) in [5, 5.41) is 8.67. The molecule has 0 amide bonds. The number of benzene rings is 1. The quantitative estimate of drug-likeness (QED) is 0.769. The van der Waals surface area contributed by atoms with Crippen LogP contribution in [0.15, 0.2) is 24.3 Å². The van der Waals surface area contributed by atoms with E-state index in [-0.39, 0.29) is 12.2 Å². The van der Waals surface area contributed by atoms with Crippen LogP contribution in [0.1, 0.15) is 29.3 Å². The van der Waals surface area contributed by atoms with Crippen LogP contribution in [0.3, 0.4) is 0 Å². The summed E-state index contributed by atoms with van der Waals surface area (Å²) in [5.74, 6) is -1.68. The minimum atomic E-state index is -0.935. The highest BCUT2D eigenvalue weighted by Crippen LogP contribution is 2.11. The minimum Gasteiger partial charge on any atom is -0.481 e. The zero-order chi connectivity index (χ0) is 11.4.